The number of hydrogen-bond acceptors (Lipinski definition) is 5. The molecule has 0 saturated carbocycles. The maximum absolute atomic E-state index is 4.89. The Balaban J connectivity index is 2.06. The Morgan fingerprint density at radius 1 is 1.14 bits per heavy atom. The Morgan fingerprint density at radius 2 is 1.81 bits per heavy atom. The molecule has 2 atom stereocenters. The van der Waals surface area contributed by atoms with E-state index in [0.29, 0.717) is 0 Å². The smallest absolute Gasteiger partial charge is 0.107 e. The molecule has 0 radical (unpaired) electrons. The molecule has 1 aliphatic rings. The zero-order chi connectivity index (χ0) is 15.4. The van der Waals surface area contributed by atoms with Crippen LogP contribution in [0.1, 0.15) is 25.1 Å². The lowest BCUT2D eigenvalue weighted by molar-refractivity contribution is 0.494. The minimum atomic E-state index is 0.238. The summed E-state index contributed by atoms with van der Waals surface area (Å²) in [7, 11) is 6.26. The highest BCUT2D eigenvalue weighted by atomic mass is 32.1. The fourth-order valence-electron chi connectivity index (χ4n) is 2.29. The van der Waals surface area contributed by atoms with Crippen molar-refractivity contribution in [3.05, 3.63) is 22.4 Å². The first-order chi connectivity index (χ1) is 9.97. The number of aliphatic imine (C=N–C) groups is 2. The van der Waals surface area contributed by atoms with E-state index in [9.17, 15) is 0 Å². The Hall–Kier alpha value is -1.36. The molecule has 0 N–H and O–H groups in total. The molecule has 2 unspecified atom stereocenters. The molecule has 1 aromatic rings. The average molecular weight is 306 g/mol. The standard InChI is InChI=1S/C16H26N4S/c1-12-13(2)18-16(11-15(17-12)19(3)4)20(5)9-8-14-7-6-10-21-14/h6-7,10,12-13H,8-9,11H2,1-5H3. The maximum atomic E-state index is 4.89. The third-order valence-corrected chi connectivity index (χ3v) is 4.89. The molecule has 0 aromatic carbocycles. The van der Waals surface area contributed by atoms with Gasteiger partial charge in [0.2, 0.25) is 0 Å². The fourth-order valence-corrected chi connectivity index (χ4v) is 2.99. The summed E-state index contributed by atoms with van der Waals surface area (Å²) in [5.41, 5.74) is 0. The van der Waals surface area contributed by atoms with Crippen molar-refractivity contribution in [1.29, 1.82) is 0 Å². The van der Waals surface area contributed by atoms with Crippen molar-refractivity contribution in [2.45, 2.75) is 38.8 Å². The van der Waals surface area contributed by atoms with Crippen LogP contribution in [0.25, 0.3) is 0 Å². The van der Waals surface area contributed by atoms with Gasteiger partial charge in [0.15, 0.2) is 0 Å². The van der Waals surface area contributed by atoms with Gasteiger partial charge in [0.25, 0.3) is 0 Å². The van der Waals surface area contributed by atoms with E-state index < -0.39 is 0 Å². The molecule has 0 bridgehead atoms. The molecule has 4 nitrogen and oxygen atoms in total. The molecular formula is C16H26N4S. The maximum Gasteiger partial charge on any atom is 0.107 e. The summed E-state index contributed by atoms with van der Waals surface area (Å²) in [4.78, 5) is 15.5. The lowest BCUT2D eigenvalue weighted by Gasteiger charge is -2.23. The monoisotopic (exact) mass is 306 g/mol. The largest absolute Gasteiger partial charge is 0.366 e. The summed E-state index contributed by atoms with van der Waals surface area (Å²) in [6, 6.07) is 4.79. The van der Waals surface area contributed by atoms with Gasteiger partial charge in [0.05, 0.1) is 18.5 Å². The molecule has 21 heavy (non-hydrogen) atoms. The predicted molar refractivity (Wildman–Crippen MR) is 92.8 cm³/mol. The normalized spacial score (nSPS) is 22.3. The van der Waals surface area contributed by atoms with Crippen LogP contribution >= 0.6 is 11.3 Å². The topological polar surface area (TPSA) is 31.2 Å². The first-order valence-corrected chi connectivity index (χ1v) is 8.39. The third-order valence-electron chi connectivity index (χ3n) is 3.95. The van der Waals surface area contributed by atoms with Crippen molar-refractivity contribution < 1.29 is 0 Å². The van der Waals surface area contributed by atoms with Gasteiger partial charge in [-0.15, -0.1) is 11.3 Å². The number of hydrogen-bond donors (Lipinski definition) is 0. The highest BCUT2D eigenvalue weighted by molar-refractivity contribution is 7.09. The second kappa shape index (κ2) is 7.07. The first kappa shape index (κ1) is 16.0. The van der Waals surface area contributed by atoms with Gasteiger partial charge in [-0.25, -0.2) is 0 Å². The molecule has 1 aliphatic heterocycles. The highest BCUT2D eigenvalue weighted by Crippen LogP contribution is 2.14. The van der Waals surface area contributed by atoms with Crippen LogP contribution in [0.5, 0.6) is 0 Å². The number of thiophene rings is 1. The third kappa shape index (κ3) is 4.30. The minimum Gasteiger partial charge on any atom is -0.366 e. The van der Waals surface area contributed by atoms with Crippen LogP contribution in [0.2, 0.25) is 0 Å². The van der Waals surface area contributed by atoms with Crippen LogP contribution in [0.3, 0.4) is 0 Å². The molecule has 0 aliphatic carbocycles. The van der Waals surface area contributed by atoms with Gasteiger partial charge in [0, 0.05) is 32.6 Å². The van der Waals surface area contributed by atoms with E-state index >= 15 is 0 Å². The minimum absolute atomic E-state index is 0.238. The molecule has 1 aromatic heterocycles. The molecule has 0 amide bonds. The zero-order valence-electron chi connectivity index (χ0n) is 13.7. The van der Waals surface area contributed by atoms with Crippen LogP contribution in [0.15, 0.2) is 27.5 Å². The lowest BCUT2D eigenvalue weighted by atomic mass is 10.2. The van der Waals surface area contributed by atoms with E-state index in [0.717, 1.165) is 31.1 Å². The van der Waals surface area contributed by atoms with E-state index in [1.165, 1.54) is 4.88 Å². The van der Waals surface area contributed by atoms with Crippen molar-refractivity contribution in [1.82, 2.24) is 9.80 Å². The van der Waals surface area contributed by atoms with Crippen molar-refractivity contribution in [3.63, 3.8) is 0 Å². The van der Waals surface area contributed by atoms with Crippen LogP contribution < -0.4 is 0 Å². The van der Waals surface area contributed by atoms with Crippen molar-refractivity contribution in [2.24, 2.45) is 9.98 Å². The van der Waals surface area contributed by atoms with Gasteiger partial charge < -0.3 is 9.80 Å². The lowest BCUT2D eigenvalue weighted by Crippen LogP contribution is -2.34. The van der Waals surface area contributed by atoms with Crippen molar-refractivity contribution in [2.75, 3.05) is 27.7 Å². The van der Waals surface area contributed by atoms with Crippen molar-refractivity contribution >= 4 is 23.0 Å². The molecule has 2 rings (SSSR count). The van der Waals surface area contributed by atoms with Gasteiger partial charge in [-0.3, -0.25) is 9.98 Å². The summed E-state index contributed by atoms with van der Waals surface area (Å²) in [6.45, 7) is 5.30. The number of amidine groups is 2. The SMILES string of the molecule is CC1N=C(N(C)C)CC(N(C)CCc2cccs2)=NC1C. The summed E-state index contributed by atoms with van der Waals surface area (Å²) >= 11 is 1.82. The summed E-state index contributed by atoms with van der Waals surface area (Å²) < 4.78 is 0. The van der Waals surface area contributed by atoms with E-state index in [4.69, 9.17) is 9.98 Å². The van der Waals surface area contributed by atoms with Crippen LogP contribution in [0, 0.1) is 0 Å². The summed E-state index contributed by atoms with van der Waals surface area (Å²) in [5, 5.41) is 2.14. The zero-order valence-corrected chi connectivity index (χ0v) is 14.5. The molecule has 5 heteroatoms. The molecule has 0 saturated heterocycles. The Morgan fingerprint density at radius 3 is 2.38 bits per heavy atom. The molecule has 116 valence electrons. The van der Waals surface area contributed by atoms with Gasteiger partial charge >= 0.3 is 0 Å². The quantitative estimate of drug-likeness (QED) is 0.860. The Bertz CT molecular complexity index is 504. The van der Waals surface area contributed by atoms with E-state index in [1.54, 1.807) is 0 Å². The second-order valence-electron chi connectivity index (χ2n) is 5.89. The molecule has 0 fully saturated rings. The highest BCUT2D eigenvalue weighted by Gasteiger charge is 2.21. The van der Waals surface area contributed by atoms with E-state index in [2.05, 4.69) is 62.3 Å². The number of likely N-dealkylation sites (N-methyl/N-ethyl adjacent to an activating group) is 1. The van der Waals surface area contributed by atoms with Crippen LogP contribution in [0.4, 0.5) is 0 Å². The first-order valence-electron chi connectivity index (χ1n) is 7.51. The van der Waals surface area contributed by atoms with Crippen LogP contribution in [-0.2, 0) is 6.42 Å². The van der Waals surface area contributed by atoms with Gasteiger partial charge in [-0.2, -0.15) is 0 Å². The predicted octanol–water partition coefficient (Wildman–Crippen LogP) is 2.76. The second-order valence-corrected chi connectivity index (χ2v) is 6.93. The summed E-state index contributed by atoms with van der Waals surface area (Å²) in [6.07, 6.45) is 1.90. The van der Waals surface area contributed by atoms with Crippen molar-refractivity contribution in [3.8, 4) is 0 Å². The Kier molecular flexibility index (Phi) is 5.39. The molecular weight excluding hydrogens is 280 g/mol. The Labute approximate surface area is 132 Å². The molecule has 2 heterocycles. The fraction of sp³-hybridized carbons (Fsp3) is 0.625. The molecule has 0 spiro atoms. The number of rotatable bonds is 3. The van der Waals surface area contributed by atoms with Gasteiger partial charge in [-0.1, -0.05) is 6.07 Å². The van der Waals surface area contributed by atoms with E-state index in [1.807, 2.05) is 11.3 Å². The van der Waals surface area contributed by atoms with Gasteiger partial charge in [-0.05, 0) is 31.7 Å². The summed E-state index contributed by atoms with van der Waals surface area (Å²) in [5.74, 6) is 2.27. The number of nitrogens with zero attached hydrogens (tertiary/aromatic N) is 4. The average Bonchev–Trinajstić information content (AvgIpc) is 2.90. The van der Waals surface area contributed by atoms with Gasteiger partial charge in [0.1, 0.15) is 11.7 Å². The van der Waals surface area contributed by atoms with Crippen LogP contribution in [-0.4, -0.2) is 61.2 Å². The van der Waals surface area contributed by atoms with E-state index in [-0.39, 0.29) is 12.1 Å².